The fraction of sp³-hybridized carbons (Fsp3) is 0.500. The Morgan fingerprint density at radius 1 is 1.47 bits per heavy atom. The van der Waals surface area contributed by atoms with Gasteiger partial charge in [0.1, 0.15) is 5.82 Å². The van der Waals surface area contributed by atoms with Crippen LogP contribution < -0.4 is 5.73 Å². The van der Waals surface area contributed by atoms with Gasteiger partial charge in [-0.25, -0.2) is 4.98 Å². The summed E-state index contributed by atoms with van der Waals surface area (Å²) in [6.45, 7) is 4.14. The second-order valence-corrected chi connectivity index (χ2v) is 5.26. The van der Waals surface area contributed by atoms with E-state index in [0.29, 0.717) is 6.04 Å². The van der Waals surface area contributed by atoms with Crippen LogP contribution in [-0.2, 0) is 6.42 Å². The Hall–Kier alpha value is -1.35. The van der Waals surface area contributed by atoms with Crippen LogP contribution in [0.4, 0.5) is 0 Å². The van der Waals surface area contributed by atoms with E-state index in [-0.39, 0.29) is 6.04 Å². The van der Waals surface area contributed by atoms with Crippen LogP contribution in [0.3, 0.4) is 0 Å². The van der Waals surface area contributed by atoms with Crippen LogP contribution in [0.2, 0.25) is 0 Å². The fourth-order valence-electron chi connectivity index (χ4n) is 2.56. The van der Waals surface area contributed by atoms with E-state index in [1.165, 1.54) is 23.9 Å². The van der Waals surface area contributed by atoms with Gasteiger partial charge in [0.25, 0.3) is 0 Å². The predicted molar refractivity (Wildman–Crippen MR) is 70.1 cm³/mol. The first kappa shape index (κ1) is 10.8. The van der Waals surface area contributed by atoms with Crippen molar-refractivity contribution in [2.45, 2.75) is 45.2 Å². The van der Waals surface area contributed by atoms with Crippen LogP contribution in [0.5, 0.6) is 0 Å². The maximum atomic E-state index is 5.84. The van der Waals surface area contributed by atoms with Crippen LogP contribution in [-0.4, -0.2) is 15.6 Å². The standard InChI is InChI=1S/C14H19N3/c1-9(15)7-11-3-6-14-13(8-11)16-10(2)17(14)12-4-5-12/h3,6,8-9,12H,4-5,7,15H2,1-2H3. The van der Waals surface area contributed by atoms with Gasteiger partial charge in [0, 0.05) is 12.1 Å². The Morgan fingerprint density at radius 3 is 2.88 bits per heavy atom. The third-order valence-electron chi connectivity index (χ3n) is 3.40. The molecule has 1 aromatic carbocycles. The molecule has 1 unspecified atom stereocenters. The van der Waals surface area contributed by atoms with Crippen molar-refractivity contribution in [2.24, 2.45) is 5.73 Å². The van der Waals surface area contributed by atoms with Gasteiger partial charge in [-0.2, -0.15) is 0 Å². The van der Waals surface area contributed by atoms with Gasteiger partial charge in [0.05, 0.1) is 11.0 Å². The van der Waals surface area contributed by atoms with Gasteiger partial charge in [0.15, 0.2) is 0 Å². The Balaban J connectivity index is 2.05. The van der Waals surface area contributed by atoms with Crippen molar-refractivity contribution in [3.63, 3.8) is 0 Å². The number of fused-ring (bicyclic) bond motifs is 1. The molecule has 1 aliphatic carbocycles. The molecule has 3 nitrogen and oxygen atoms in total. The number of nitrogens with two attached hydrogens (primary N) is 1. The van der Waals surface area contributed by atoms with Crippen molar-refractivity contribution in [2.75, 3.05) is 0 Å². The van der Waals surface area contributed by atoms with E-state index in [1.54, 1.807) is 0 Å². The average molecular weight is 229 g/mol. The zero-order valence-corrected chi connectivity index (χ0v) is 10.5. The third-order valence-corrected chi connectivity index (χ3v) is 3.40. The average Bonchev–Trinajstić information content (AvgIpc) is 3.00. The quantitative estimate of drug-likeness (QED) is 0.879. The first-order valence-electron chi connectivity index (χ1n) is 6.38. The number of hydrogen-bond acceptors (Lipinski definition) is 2. The minimum absolute atomic E-state index is 0.207. The predicted octanol–water partition coefficient (Wildman–Crippen LogP) is 2.57. The molecule has 0 aliphatic heterocycles. The van der Waals surface area contributed by atoms with E-state index >= 15 is 0 Å². The van der Waals surface area contributed by atoms with Crippen molar-refractivity contribution < 1.29 is 0 Å². The number of rotatable bonds is 3. The lowest BCUT2D eigenvalue weighted by molar-refractivity contribution is 0.732. The van der Waals surface area contributed by atoms with Crippen LogP contribution in [0.1, 0.15) is 37.2 Å². The van der Waals surface area contributed by atoms with Gasteiger partial charge in [-0.1, -0.05) is 6.07 Å². The molecule has 1 aliphatic rings. The summed E-state index contributed by atoms with van der Waals surface area (Å²) in [6, 6.07) is 7.47. The summed E-state index contributed by atoms with van der Waals surface area (Å²) >= 11 is 0. The van der Waals surface area contributed by atoms with Crippen molar-refractivity contribution >= 4 is 11.0 Å². The largest absolute Gasteiger partial charge is 0.328 e. The summed E-state index contributed by atoms with van der Waals surface area (Å²) in [5.74, 6) is 1.14. The highest BCUT2D eigenvalue weighted by molar-refractivity contribution is 5.77. The molecule has 1 aromatic heterocycles. The third kappa shape index (κ3) is 1.95. The van der Waals surface area contributed by atoms with Gasteiger partial charge in [0.2, 0.25) is 0 Å². The second-order valence-electron chi connectivity index (χ2n) is 5.26. The van der Waals surface area contributed by atoms with Crippen molar-refractivity contribution in [1.82, 2.24) is 9.55 Å². The van der Waals surface area contributed by atoms with Crippen molar-refractivity contribution in [3.8, 4) is 0 Å². The van der Waals surface area contributed by atoms with Gasteiger partial charge in [-0.05, 0) is 50.8 Å². The molecule has 0 spiro atoms. The summed E-state index contributed by atoms with van der Waals surface area (Å²) in [5.41, 5.74) is 9.52. The molecule has 2 N–H and O–H groups in total. The summed E-state index contributed by atoms with van der Waals surface area (Å²) in [7, 11) is 0. The number of aryl methyl sites for hydroxylation is 1. The smallest absolute Gasteiger partial charge is 0.106 e. The lowest BCUT2D eigenvalue weighted by atomic mass is 10.1. The van der Waals surface area contributed by atoms with E-state index in [1.807, 2.05) is 6.92 Å². The molecule has 17 heavy (non-hydrogen) atoms. The normalized spacial score (nSPS) is 17.6. The van der Waals surface area contributed by atoms with E-state index in [4.69, 9.17) is 5.73 Å². The highest BCUT2D eigenvalue weighted by atomic mass is 15.1. The first-order chi connectivity index (χ1) is 8.15. The first-order valence-corrected chi connectivity index (χ1v) is 6.38. The molecular weight excluding hydrogens is 210 g/mol. The number of benzene rings is 1. The topological polar surface area (TPSA) is 43.8 Å². The summed E-state index contributed by atoms with van der Waals surface area (Å²) in [6.07, 6.45) is 3.52. The fourth-order valence-corrected chi connectivity index (χ4v) is 2.56. The molecule has 3 heteroatoms. The summed E-state index contributed by atoms with van der Waals surface area (Å²) in [4.78, 5) is 4.66. The molecule has 1 saturated carbocycles. The van der Waals surface area contributed by atoms with Crippen LogP contribution in [0.15, 0.2) is 18.2 Å². The molecule has 1 fully saturated rings. The number of aromatic nitrogens is 2. The minimum Gasteiger partial charge on any atom is -0.328 e. The van der Waals surface area contributed by atoms with Gasteiger partial charge in [-0.3, -0.25) is 0 Å². The highest BCUT2D eigenvalue weighted by Gasteiger charge is 2.26. The summed E-state index contributed by atoms with van der Waals surface area (Å²) in [5, 5.41) is 0. The molecule has 0 bridgehead atoms. The lowest BCUT2D eigenvalue weighted by Gasteiger charge is -2.06. The van der Waals surface area contributed by atoms with Crippen LogP contribution in [0, 0.1) is 6.92 Å². The SMILES string of the molecule is Cc1nc2cc(CC(C)N)ccc2n1C1CC1. The maximum absolute atomic E-state index is 5.84. The van der Waals surface area contributed by atoms with E-state index in [0.717, 1.165) is 17.8 Å². The highest BCUT2D eigenvalue weighted by Crippen LogP contribution is 2.38. The number of hydrogen-bond donors (Lipinski definition) is 1. The molecule has 0 saturated heterocycles. The molecule has 1 heterocycles. The Bertz CT molecular complexity index is 550. The van der Waals surface area contributed by atoms with E-state index in [2.05, 4.69) is 34.7 Å². The minimum atomic E-state index is 0.207. The molecule has 0 radical (unpaired) electrons. The Kier molecular flexibility index (Phi) is 2.44. The Morgan fingerprint density at radius 2 is 2.24 bits per heavy atom. The molecule has 1 atom stereocenters. The second kappa shape index (κ2) is 3.84. The maximum Gasteiger partial charge on any atom is 0.106 e. The van der Waals surface area contributed by atoms with Gasteiger partial charge in [-0.15, -0.1) is 0 Å². The lowest BCUT2D eigenvalue weighted by Crippen LogP contribution is -2.17. The van der Waals surface area contributed by atoms with Crippen molar-refractivity contribution in [1.29, 1.82) is 0 Å². The number of imidazole rings is 1. The zero-order chi connectivity index (χ0) is 12.0. The van der Waals surface area contributed by atoms with Gasteiger partial charge >= 0.3 is 0 Å². The van der Waals surface area contributed by atoms with Crippen LogP contribution >= 0.6 is 0 Å². The molecule has 0 amide bonds. The van der Waals surface area contributed by atoms with Crippen molar-refractivity contribution in [3.05, 3.63) is 29.6 Å². The molecule has 3 rings (SSSR count). The number of nitrogens with zero attached hydrogens (tertiary/aromatic N) is 2. The van der Waals surface area contributed by atoms with Gasteiger partial charge < -0.3 is 10.3 Å². The molecule has 90 valence electrons. The van der Waals surface area contributed by atoms with E-state index < -0.39 is 0 Å². The Labute approximate surface area is 102 Å². The van der Waals surface area contributed by atoms with E-state index in [9.17, 15) is 0 Å². The summed E-state index contributed by atoms with van der Waals surface area (Å²) < 4.78 is 2.38. The molecular formula is C14H19N3. The van der Waals surface area contributed by atoms with Crippen LogP contribution in [0.25, 0.3) is 11.0 Å². The monoisotopic (exact) mass is 229 g/mol. The zero-order valence-electron chi connectivity index (χ0n) is 10.5. The molecule has 2 aromatic rings.